The fraction of sp³-hybridized carbons (Fsp3) is 0.423. The van der Waals surface area contributed by atoms with Gasteiger partial charge >= 0.3 is 0 Å². The molecule has 0 bridgehead atoms. The maximum Gasteiger partial charge on any atom is 0.145 e. The van der Waals surface area contributed by atoms with Gasteiger partial charge in [0.1, 0.15) is 29.0 Å². The van der Waals surface area contributed by atoms with Crippen LogP contribution in [0.3, 0.4) is 0 Å². The number of para-hydroxylation sites is 2. The van der Waals surface area contributed by atoms with E-state index in [2.05, 4.69) is 36.3 Å². The summed E-state index contributed by atoms with van der Waals surface area (Å²) in [6.07, 6.45) is 6.82. The summed E-state index contributed by atoms with van der Waals surface area (Å²) in [4.78, 5) is 0. The van der Waals surface area contributed by atoms with E-state index in [1.165, 1.54) is 0 Å². The molecule has 4 N–H and O–H groups in total. The topological polar surface area (TPSA) is 113 Å². The van der Waals surface area contributed by atoms with E-state index in [0.717, 1.165) is 29.9 Å². The number of aryl methyl sites for hydroxylation is 1. The molecule has 0 saturated heterocycles. The summed E-state index contributed by atoms with van der Waals surface area (Å²) < 4.78 is 12.3. The van der Waals surface area contributed by atoms with Gasteiger partial charge in [-0.25, -0.2) is 0 Å². The predicted molar refractivity (Wildman–Crippen MR) is 130 cm³/mol. The molecule has 0 aromatic heterocycles. The number of benzene rings is 2. The highest BCUT2D eigenvalue weighted by Crippen LogP contribution is 2.33. The van der Waals surface area contributed by atoms with Crippen molar-refractivity contribution >= 4 is 5.84 Å². The van der Waals surface area contributed by atoms with Crippen molar-refractivity contribution in [2.75, 3.05) is 0 Å². The molecule has 7 heteroatoms. The molecule has 2 aromatic rings. The molecule has 1 unspecified atom stereocenters. The van der Waals surface area contributed by atoms with E-state index in [1.54, 1.807) is 0 Å². The van der Waals surface area contributed by atoms with Crippen molar-refractivity contribution in [1.29, 1.82) is 5.41 Å². The van der Waals surface area contributed by atoms with E-state index in [1.807, 2.05) is 54.6 Å². The molecule has 0 radical (unpaired) electrons. The summed E-state index contributed by atoms with van der Waals surface area (Å²) in [5, 5.41) is 25.0. The van der Waals surface area contributed by atoms with Crippen molar-refractivity contribution in [2.24, 2.45) is 22.1 Å². The molecule has 1 aliphatic carbocycles. The first-order chi connectivity index (χ1) is 15.9. The Hall–Kier alpha value is -3.19. The van der Waals surface area contributed by atoms with E-state index in [4.69, 9.17) is 20.7 Å². The van der Waals surface area contributed by atoms with Gasteiger partial charge in [-0.1, -0.05) is 53.8 Å². The van der Waals surface area contributed by atoms with Crippen molar-refractivity contribution in [1.82, 2.24) is 0 Å². The molecule has 1 saturated carbocycles. The Kier molecular flexibility index (Phi) is 8.60. The number of nitrogens with one attached hydrogen (secondary N) is 1. The van der Waals surface area contributed by atoms with Gasteiger partial charge in [-0.3, -0.25) is 5.41 Å². The van der Waals surface area contributed by atoms with Crippen molar-refractivity contribution in [2.45, 2.75) is 63.8 Å². The van der Waals surface area contributed by atoms with Gasteiger partial charge in [-0.15, -0.1) is 5.11 Å². The van der Waals surface area contributed by atoms with E-state index >= 15 is 0 Å². The van der Waals surface area contributed by atoms with Crippen LogP contribution < -0.4 is 15.3 Å². The predicted octanol–water partition coefficient (Wildman–Crippen LogP) is 5.24. The summed E-state index contributed by atoms with van der Waals surface area (Å²) in [6.45, 7) is 4.12. The maximum atomic E-state index is 10.6. The average molecular weight is 451 g/mol. The maximum absolute atomic E-state index is 10.6. The minimum atomic E-state index is -0.435. The van der Waals surface area contributed by atoms with Crippen molar-refractivity contribution < 1.29 is 14.6 Å². The lowest BCUT2D eigenvalue weighted by molar-refractivity contribution is 0.112. The highest BCUT2D eigenvalue weighted by Gasteiger charge is 2.33. The van der Waals surface area contributed by atoms with Gasteiger partial charge in [0.25, 0.3) is 0 Å². The van der Waals surface area contributed by atoms with Gasteiger partial charge in [0.2, 0.25) is 0 Å². The lowest BCUT2D eigenvalue weighted by Gasteiger charge is -2.25. The van der Waals surface area contributed by atoms with Gasteiger partial charge in [0.05, 0.1) is 6.10 Å². The van der Waals surface area contributed by atoms with Gasteiger partial charge in [-0.2, -0.15) is 0 Å². The van der Waals surface area contributed by atoms with Crippen LogP contribution in [0.25, 0.3) is 0 Å². The zero-order valence-electron chi connectivity index (χ0n) is 19.4. The fourth-order valence-electron chi connectivity index (χ4n) is 4.06. The second-order valence-electron chi connectivity index (χ2n) is 9.02. The van der Waals surface area contributed by atoms with Crippen molar-refractivity contribution in [3.8, 4) is 11.5 Å². The molecule has 0 spiro atoms. The lowest BCUT2D eigenvalue weighted by Crippen LogP contribution is -2.27. The third kappa shape index (κ3) is 7.71. The number of ether oxygens (including phenoxy) is 2. The first kappa shape index (κ1) is 24.5. The summed E-state index contributed by atoms with van der Waals surface area (Å²) in [6, 6.07) is 17.6. The van der Waals surface area contributed by atoms with Crippen LogP contribution >= 0.6 is 0 Å². The number of hydrogen-bond acceptors (Lipinski definition) is 5. The van der Waals surface area contributed by atoms with E-state index < -0.39 is 6.10 Å². The molecule has 7 nitrogen and oxygen atoms in total. The quantitative estimate of drug-likeness (QED) is 0.115. The Morgan fingerprint density at radius 3 is 2.64 bits per heavy atom. The summed E-state index contributed by atoms with van der Waals surface area (Å²) in [7, 11) is 0. The van der Waals surface area contributed by atoms with Crippen LogP contribution in [0.1, 0.15) is 45.1 Å². The second-order valence-corrected chi connectivity index (χ2v) is 9.02. The Morgan fingerprint density at radius 2 is 1.88 bits per heavy atom. The highest BCUT2D eigenvalue weighted by atomic mass is 16.5. The minimum Gasteiger partial charge on any atom is -0.490 e. The van der Waals surface area contributed by atoms with Crippen LogP contribution in [0, 0.1) is 11.3 Å². The smallest absolute Gasteiger partial charge is 0.145 e. The Bertz CT molecular complexity index is 959. The highest BCUT2D eigenvalue weighted by molar-refractivity contribution is 5.79. The molecule has 176 valence electrons. The SMILES string of the molecule is CC(C)(C/C=C/C1C[C@@H](Oc2ccccc2CCC(=N)N=NN)C[C@H]1O)Oc1ccccc1. The van der Waals surface area contributed by atoms with Gasteiger partial charge in [-0.05, 0) is 50.5 Å². The van der Waals surface area contributed by atoms with Gasteiger partial charge in [0, 0.05) is 25.2 Å². The number of aliphatic hydroxyl groups excluding tert-OH is 1. The molecular weight excluding hydrogens is 416 g/mol. The first-order valence-electron chi connectivity index (χ1n) is 11.4. The van der Waals surface area contributed by atoms with E-state index in [0.29, 0.717) is 19.3 Å². The Balaban J connectivity index is 1.53. The normalized spacial score (nSPS) is 21.0. The summed E-state index contributed by atoms with van der Waals surface area (Å²) in [5.41, 5.74) is 0.663. The molecule has 33 heavy (non-hydrogen) atoms. The number of rotatable bonds is 10. The molecular formula is C26H34N4O3. The third-order valence-electron chi connectivity index (χ3n) is 5.74. The number of hydrogen-bond donors (Lipinski definition) is 3. The standard InChI is InChI=1S/C26H34N4O3/c1-26(2,33-21-11-4-3-5-12-21)16-8-10-20-17-22(18-23(20)31)32-24-13-7-6-9-19(24)14-15-25(27)29-30-28/h3-13,20,22-23,31H,14-18H2,1-2H3,(H3,27,28,29)/b10-8+/t20?,22-,23-/m1/s1. The van der Waals surface area contributed by atoms with E-state index in [9.17, 15) is 5.11 Å². The number of aliphatic hydroxyl groups is 1. The first-order valence-corrected chi connectivity index (χ1v) is 11.4. The van der Waals surface area contributed by atoms with Gasteiger partial charge < -0.3 is 20.4 Å². The van der Waals surface area contributed by atoms with Crippen molar-refractivity contribution in [3.63, 3.8) is 0 Å². The summed E-state index contributed by atoms with van der Waals surface area (Å²) in [5.74, 6) is 6.83. The molecule has 3 rings (SSSR count). The monoisotopic (exact) mass is 450 g/mol. The molecule has 3 atom stereocenters. The average Bonchev–Trinajstić information content (AvgIpc) is 3.12. The second kappa shape index (κ2) is 11.6. The molecule has 0 aliphatic heterocycles. The zero-order valence-corrected chi connectivity index (χ0v) is 19.4. The fourth-order valence-corrected chi connectivity index (χ4v) is 4.06. The molecule has 1 aliphatic rings. The lowest BCUT2D eigenvalue weighted by atomic mass is 10.0. The number of nitrogens with two attached hydrogens (primary N) is 1. The Morgan fingerprint density at radius 1 is 1.15 bits per heavy atom. The van der Waals surface area contributed by atoms with Crippen LogP contribution in [-0.4, -0.2) is 28.8 Å². The molecule has 0 amide bonds. The van der Waals surface area contributed by atoms with Crippen LogP contribution in [0.15, 0.2) is 77.1 Å². The van der Waals surface area contributed by atoms with Crippen molar-refractivity contribution in [3.05, 3.63) is 72.3 Å². The number of amidine groups is 1. The van der Waals surface area contributed by atoms with E-state index in [-0.39, 0.29) is 23.5 Å². The van der Waals surface area contributed by atoms with Crippen LogP contribution in [0.4, 0.5) is 0 Å². The van der Waals surface area contributed by atoms with Gasteiger partial charge in [0.15, 0.2) is 0 Å². The number of nitrogens with zero attached hydrogens (tertiary/aromatic N) is 2. The van der Waals surface area contributed by atoms with Crippen LogP contribution in [0.2, 0.25) is 0 Å². The summed E-state index contributed by atoms with van der Waals surface area (Å²) >= 11 is 0. The minimum absolute atomic E-state index is 0.0489. The molecule has 0 heterocycles. The Labute approximate surface area is 195 Å². The largest absolute Gasteiger partial charge is 0.490 e. The molecule has 2 aromatic carbocycles. The van der Waals surface area contributed by atoms with Crippen LogP contribution in [0.5, 0.6) is 11.5 Å². The molecule has 1 fully saturated rings. The van der Waals surface area contributed by atoms with Crippen LogP contribution in [-0.2, 0) is 6.42 Å². The third-order valence-corrected chi connectivity index (χ3v) is 5.74. The zero-order chi connectivity index (χ0) is 23.7.